The van der Waals surface area contributed by atoms with Gasteiger partial charge in [-0.1, -0.05) is 30.3 Å². The lowest BCUT2D eigenvalue weighted by Crippen LogP contribution is -2.40. The summed E-state index contributed by atoms with van der Waals surface area (Å²) in [5.41, 5.74) is 7.00. The number of rotatable bonds is 5. The second-order valence-corrected chi connectivity index (χ2v) is 3.94. The average Bonchev–Trinajstić information content (AvgIpc) is 2.31. The van der Waals surface area contributed by atoms with E-state index >= 15 is 0 Å². The van der Waals surface area contributed by atoms with E-state index in [9.17, 15) is 0 Å². The first kappa shape index (κ1) is 13.2. The van der Waals surface area contributed by atoms with E-state index in [0.717, 1.165) is 5.56 Å². The van der Waals surface area contributed by atoms with Crippen LogP contribution < -0.4 is 5.73 Å². The van der Waals surface area contributed by atoms with Crippen molar-refractivity contribution in [3.05, 3.63) is 35.9 Å². The van der Waals surface area contributed by atoms with Crippen LogP contribution >= 0.6 is 0 Å². The summed E-state index contributed by atoms with van der Waals surface area (Å²) in [5, 5.41) is 17.6. The third-order valence-corrected chi connectivity index (χ3v) is 2.58. The van der Waals surface area contributed by atoms with E-state index in [0.29, 0.717) is 0 Å². The van der Waals surface area contributed by atoms with Gasteiger partial charge in [0.2, 0.25) is 0 Å². The zero-order chi connectivity index (χ0) is 12.7. The molecule has 0 radical (unpaired) electrons. The summed E-state index contributed by atoms with van der Waals surface area (Å²) in [5.74, 6) is 0. The molecule has 2 atom stereocenters. The van der Waals surface area contributed by atoms with E-state index in [1.54, 1.807) is 4.90 Å². The fraction of sp³-hybridized carbons (Fsp3) is 0.385. The Balaban J connectivity index is 3.00. The van der Waals surface area contributed by atoms with Crippen LogP contribution in [0.4, 0.5) is 0 Å². The number of benzene rings is 1. The van der Waals surface area contributed by atoms with Gasteiger partial charge in [-0.15, -0.1) is 0 Å². The molecule has 88 valence electrons. The molecule has 0 aliphatic rings. The van der Waals surface area contributed by atoms with Gasteiger partial charge in [-0.2, -0.15) is 10.5 Å². The van der Waals surface area contributed by atoms with Crippen molar-refractivity contribution in [1.82, 2.24) is 4.90 Å². The lowest BCUT2D eigenvalue weighted by Gasteiger charge is -2.31. The Bertz CT molecular complexity index is 397. The lowest BCUT2D eigenvalue weighted by molar-refractivity contribution is 0.222. The number of hydrogen-bond acceptors (Lipinski definition) is 4. The maximum atomic E-state index is 8.80. The number of nitriles is 2. The van der Waals surface area contributed by atoms with Gasteiger partial charge in [0, 0.05) is 6.04 Å². The Morgan fingerprint density at radius 3 is 2.12 bits per heavy atom. The molecule has 0 bridgehead atoms. The van der Waals surface area contributed by atoms with Crippen molar-refractivity contribution in [3.63, 3.8) is 0 Å². The highest BCUT2D eigenvalue weighted by Gasteiger charge is 2.23. The predicted octanol–water partition coefficient (Wildman–Crippen LogP) is 1.42. The summed E-state index contributed by atoms with van der Waals surface area (Å²) >= 11 is 0. The van der Waals surface area contributed by atoms with Crippen LogP contribution in [0.25, 0.3) is 0 Å². The van der Waals surface area contributed by atoms with Crippen LogP contribution in [-0.2, 0) is 0 Å². The smallest absolute Gasteiger partial charge is 0.0879 e. The quantitative estimate of drug-likeness (QED) is 0.773. The standard InChI is InChI=1S/C13H16N4/c1-11(16)13(12-5-3-2-4-6-12)17(9-7-14)10-8-15/h2-6,11,13H,9-10,16H2,1H3. The second-order valence-electron chi connectivity index (χ2n) is 3.94. The minimum absolute atomic E-state index is 0.101. The number of nitrogens with two attached hydrogens (primary N) is 1. The van der Waals surface area contributed by atoms with E-state index in [2.05, 4.69) is 12.1 Å². The van der Waals surface area contributed by atoms with Gasteiger partial charge >= 0.3 is 0 Å². The van der Waals surface area contributed by atoms with Crippen LogP contribution in [0.2, 0.25) is 0 Å². The minimum atomic E-state index is -0.140. The first-order valence-corrected chi connectivity index (χ1v) is 5.49. The molecule has 1 rings (SSSR count). The van der Waals surface area contributed by atoms with Gasteiger partial charge in [-0.25, -0.2) is 0 Å². The molecule has 0 saturated heterocycles. The number of hydrogen-bond donors (Lipinski definition) is 1. The molecule has 1 aromatic rings. The second kappa shape index (κ2) is 6.65. The maximum Gasteiger partial charge on any atom is 0.0879 e. The Hall–Kier alpha value is -1.88. The molecular formula is C13H16N4. The van der Waals surface area contributed by atoms with Gasteiger partial charge in [0.1, 0.15) is 0 Å². The molecule has 1 aromatic carbocycles. The Morgan fingerprint density at radius 2 is 1.71 bits per heavy atom. The van der Waals surface area contributed by atoms with Crippen LogP contribution in [0.5, 0.6) is 0 Å². The first-order chi connectivity index (χ1) is 8.20. The summed E-state index contributed by atoms with van der Waals surface area (Å²) < 4.78 is 0. The van der Waals surface area contributed by atoms with Gasteiger partial charge < -0.3 is 5.73 Å². The van der Waals surface area contributed by atoms with Gasteiger partial charge in [-0.3, -0.25) is 4.90 Å². The van der Waals surface area contributed by atoms with Crippen molar-refractivity contribution < 1.29 is 0 Å². The van der Waals surface area contributed by atoms with Crippen LogP contribution in [0.15, 0.2) is 30.3 Å². The third kappa shape index (κ3) is 3.57. The van der Waals surface area contributed by atoms with E-state index in [-0.39, 0.29) is 25.2 Å². The first-order valence-electron chi connectivity index (χ1n) is 5.49. The molecule has 4 nitrogen and oxygen atoms in total. The Labute approximate surface area is 102 Å². The largest absolute Gasteiger partial charge is 0.326 e. The molecular weight excluding hydrogens is 212 g/mol. The van der Waals surface area contributed by atoms with Gasteiger partial charge in [0.05, 0.1) is 31.3 Å². The summed E-state index contributed by atoms with van der Waals surface area (Å²) in [4.78, 5) is 1.79. The van der Waals surface area contributed by atoms with Crippen molar-refractivity contribution in [2.75, 3.05) is 13.1 Å². The summed E-state index contributed by atoms with van der Waals surface area (Å²) in [6.45, 7) is 2.29. The fourth-order valence-corrected chi connectivity index (χ4v) is 1.93. The molecule has 0 aliphatic carbocycles. The van der Waals surface area contributed by atoms with Crippen LogP contribution in [0, 0.1) is 22.7 Å². The Morgan fingerprint density at radius 1 is 1.18 bits per heavy atom. The highest BCUT2D eigenvalue weighted by atomic mass is 15.2. The zero-order valence-corrected chi connectivity index (χ0v) is 9.87. The SMILES string of the molecule is CC(N)C(c1ccccc1)N(CC#N)CC#N. The van der Waals surface area contributed by atoms with Crippen molar-refractivity contribution >= 4 is 0 Å². The van der Waals surface area contributed by atoms with E-state index in [1.165, 1.54) is 0 Å². The monoisotopic (exact) mass is 228 g/mol. The van der Waals surface area contributed by atoms with Crippen molar-refractivity contribution in [2.24, 2.45) is 5.73 Å². The molecule has 0 aliphatic heterocycles. The molecule has 0 saturated carbocycles. The average molecular weight is 228 g/mol. The predicted molar refractivity (Wildman–Crippen MR) is 65.6 cm³/mol. The van der Waals surface area contributed by atoms with E-state index in [4.69, 9.17) is 16.3 Å². The highest BCUT2D eigenvalue weighted by Crippen LogP contribution is 2.22. The van der Waals surface area contributed by atoms with Crippen molar-refractivity contribution in [3.8, 4) is 12.1 Å². The molecule has 0 fully saturated rings. The van der Waals surface area contributed by atoms with E-state index < -0.39 is 0 Å². The van der Waals surface area contributed by atoms with Gasteiger partial charge in [0.15, 0.2) is 0 Å². The molecule has 4 heteroatoms. The van der Waals surface area contributed by atoms with Crippen LogP contribution in [0.3, 0.4) is 0 Å². The summed E-state index contributed by atoms with van der Waals surface area (Å²) in [6, 6.07) is 13.6. The van der Waals surface area contributed by atoms with Crippen molar-refractivity contribution in [1.29, 1.82) is 10.5 Å². The van der Waals surface area contributed by atoms with Crippen molar-refractivity contribution in [2.45, 2.75) is 19.0 Å². The fourth-order valence-electron chi connectivity index (χ4n) is 1.93. The minimum Gasteiger partial charge on any atom is -0.326 e. The lowest BCUT2D eigenvalue weighted by atomic mass is 9.99. The van der Waals surface area contributed by atoms with Gasteiger partial charge in [0.25, 0.3) is 0 Å². The maximum absolute atomic E-state index is 8.80. The van der Waals surface area contributed by atoms with Crippen LogP contribution in [0.1, 0.15) is 18.5 Å². The molecule has 17 heavy (non-hydrogen) atoms. The van der Waals surface area contributed by atoms with Gasteiger partial charge in [-0.05, 0) is 12.5 Å². The zero-order valence-electron chi connectivity index (χ0n) is 9.87. The molecule has 2 N–H and O–H groups in total. The van der Waals surface area contributed by atoms with Crippen LogP contribution in [-0.4, -0.2) is 24.0 Å². The van der Waals surface area contributed by atoms with E-state index in [1.807, 2.05) is 37.3 Å². The summed E-state index contributed by atoms with van der Waals surface area (Å²) in [6.07, 6.45) is 0. The molecule has 0 amide bonds. The number of nitrogens with zero attached hydrogens (tertiary/aromatic N) is 3. The molecule has 0 heterocycles. The topological polar surface area (TPSA) is 76.8 Å². The Kier molecular flexibility index (Phi) is 5.16. The molecule has 2 unspecified atom stereocenters. The highest BCUT2D eigenvalue weighted by molar-refractivity contribution is 5.21. The summed E-state index contributed by atoms with van der Waals surface area (Å²) in [7, 11) is 0. The molecule has 0 spiro atoms. The normalized spacial score (nSPS) is 13.7. The third-order valence-electron chi connectivity index (χ3n) is 2.58. The molecule has 0 aromatic heterocycles.